The number of benzene rings is 1. The molecule has 2 aliphatic rings. The highest BCUT2D eigenvalue weighted by Crippen LogP contribution is 2.28. The number of esters is 1. The van der Waals surface area contributed by atoms with Crippen LogP contribution in [-0.2, 0) is 30.2 Å². The van der Waals surface area contributed by atoms with Crippen LogP contribution in [0, 0.1) is 0 Å². The number of methoxy groups -OCH3 is 1. The van der Waals surface area contributed by atoms with E-state index in [1.807, 2.05) is 30.5 Å². The Morgan fingerprint density at radius 2 is 2.10 bits per heavy atom. The Balaban J connectivity index is 1.40. The zero-order valence-electron chi connectivity index (χ0n) is 16.5. The fourth-order valence-electron chi connectivity index (χ4n) is 4.05. The van der Waals surface area contributed by atoms with Gasteiger partial charge in [0.15, 0.2) is 5.79 Å². The van der Waals surface area contributed by atoms with Gasteiger partial charge in [0, 0.05) is 29.9 Å². The van der Waals surface area contributed by atoms with Crippen LogP contribution in [0.5, 0.6) is 0 Å². The Bertz CT molecular complexity index is 864. The van der Waals surface area contributed by atoms with E-state index in [0.29, 0.717) is 39.0 Å². The Morgan fingerprint density at radius 3 is 2.83 bits per heavy atom. The normalized spacial score (nSPS) is 22.3. The maximum absolute atomic E-state index is 12.8. The number of hydrogen-bond acceptors (Lipinski definition) is 6. The molecule has 2 fully saturated rings. The summed E-state index contributed by atoms with van der Waals surface area (Å²) in [6.45, 7) is 1.80. The SMILES string of the molecule is COC(=O)[C@@H](Cc1c[nH]c2ccccc12)NC(=O)C1CCC2(CN1)OCCCO2. The van der Waals surface area contributed by atoms with E-state index in [4.69, 9.17) is 14.2 Å². The standard InChI is InChI=1S/C21H27N3O5/c1-27-20(26)18(11-14-12-22-16-6-3-2-5-15(14)16)24-19(25)17-7-8-21(13-23-17)28-9-4-10-29-21/h2-3,5-6,12,17-18,22-23H,4,7-11,13H2,1H3,(H,24,25)/t17?,18-/m1/s1. The molecular weight excluding hydrogens is 374 g/mol. The minimum absolute atomic E-state index is 0.217. The molecule has 1 aromatic carbocycles. The number of ether oxygens (including phenoxy) is 3. The number of hydrogen-bond donors (Lipinski definition) is 3. The number of para-hydroxylation sites is 1. The van der Waals surface area contributed by atoms with Crippen LogP contribution in [0.2, 0.25) is 0 Å². The lowest BCUT2D eigenvalue weighted by Crippen LogP contribution is -2.60. The van der Waals surface area contributed by atoms with Crippen molar-refractivity contribution in [3.63, 3.8) is 0 Å². The van der Waals surface area contributed by atoms with Crippen molar-refractivity contribution in [2.45, 2.75) is 43.6 Å². The highest BCUT2D eigenvalue weighted by molar-refractivity contribution is 5.89. The van der Waals surface area contributed by atoms with Crippen LogP contribution in [-0.4, -0.2) is 61.6 Å². The van der Waals surface area contributed by atoms with E-state index in [2.05, 4.69) is 15.6 Å². The number of piperidine rings is 1. The van der Waals surface area contributed by atoms with Crippen LogP contribution in [0.25, 0.3) is 10.9 Å². The van der Waals surface area contributed by atoms with Gasteiger partial charge < -0.3 is 29.8 Å². The fourth-order valence-corrected chi connectivity index (χ4v) is 4.05. The van der Waals surface area contributed by atoms with Crippen LogP contribution in [0.3, 0.4) is 0 Å². The molecule has 0 aliphatic carbocycles. The Kier molecular flexibility index (Phi) is 5.84. The van der Waals surface area contributed by atoms with Crippen molar-refractivity contribution in [2.75, 3.05) is 26.9 Å². The van der Waals surface area contributed by atoms with Gasteiger partial charge in [-0.25, -0.2) is 4.79 Å². The van der Waals surface area contributed by atoms with E-state index in [1.165, 1.54) is 7.11 Å². The van der Waals surface area contributed by atoms with Gasteiger partial charge in [-0.15, -0.1) is 0 Å². The van der Waals surface area contributed by atoms with Gasteiger partial charge in [0.05, 0.1) is 32.9 Å². The van der Waals surface area contributed by atoms with Gasteiger partial charge >= 0.3 is 5.97 Å². The average molecular weight is 401 g/mol. The van der Waals surface area contributed by atoms with Gasteiger partial charge in [-0.1, -0.05) is 18.2 Å². The third-order valence-corrected chi connectivity index (χ3v) is 5.67. The second kappa shape index (κ2) is 8.52. The van der Waals surface area contributed by atoms with E-state index in [0.717, 1.165) is 22.9 Å². The van der Waals surface area contributed by atoms with E-state index in [9.17, 15) is 9.59 Å². The Labute approximate surface area is 169 Å². The lowest BCUT2D eigenvalue weighted by atomic mass is 9.97. The number of rotatable bonds is 5. The largest absolute Gasteiger partial charge is 0.467 e. The average Bonchev–Trinajstić information content (AvgIpc) is 3.16. The molecule has 29 heavy (non-hydrogen) atoms. The van der Waals surface area contributed by atoms with Crippen molar-refractivity contribution in [3.8, 4) is 0 Å². The Hall–Kier alpha value is -2.42. The number of H-pyrrole nitrogens is 1. The van der Waals surface area contributed by atoms with Gasteiger partial charge in [-0.2, -0.15) is 0 Å². The molecule has 2 aliphatic heterocycles. The number of nitrogens with one attached hydrogen (secondary N) is 3. The number of aromatic amines is 1. The second-order valence-corrected chi connectivity index (χ2v) is 7.58. The lowest BCUT2D eigenvalue weighted by molar-refractivity contribution is -0.273. The molecule has 0 radical (unpaired) electrons. The zero-order valence-corrected chi connectivity index (χ0v) is 16.5. The molecule has 8 heteroatoms. The van der Waals surface area contributed by atoms with E-state index in [1.54, 1.807) is 0 Å². The molecule has 2 aromatic rings. The summed E-state index contributed by atoms with van der Waals surface area (Å²) in [6.07, 6.45) is 4.33. The predicted octanol–water partition coefficient (Wildman–Crippen LogP) is 1.25. The van der Waals surface area contributed by atoms with Gasteiger partial charge in [0.1, 0.15) is 6.04 Å². The summed E-state index contributed by atoms with van der Waals surface area (Å²) in [5, 5.41) is 7.10. The first-order valence-electron chi connectivity index (χ1n) is 10.0. The molecule has 1 spiro atoms. The maximum atomic E-state index is 12.8. The summed E-state index contributed by atoms with van der Waals surface area (Å²) in [7, 11) is 1.33. The first-order chi connectivity index (χ1) is 14.1. The van der Waals surface area contributed by atoms with E-state index >= 15 is 0 Å². The minimum atomic E-state index is -0.758. The molecular formula is C21H27N3O5. The Morgan fingerprint density at radius 1 is 1.31 bits per heavy atom. The fraction of sp³-hybridized carbons (Fsp3) is 0.524. The van der Waals surface area contributed by atoms with Gasteiger partial charge in [0.25, 0.3) is 0 Å². The molecule has 2 atom stereocenters. The van der Waals surface area contributed by atoms with Crippen molar-refractivity contribution >= 4 is 22.8 Å². The van der Waals surface area contributed by atoms with Crippen LogP contribution < -0.4 is 10.6 Å². The van der Waals surface area contributed by atoms with E-state index in [-0.39, 0.29) is 5.91 Å². The molecule has 2 saturated heterocycles. The topological polar surface area (TPSA) is 102 Å². The number of carbonyl (C=O) groups excluding carboxylic acids is 2. The summed E-state index contributed by atoms with van der Waals surface area (Å²) in [5.74, 6) is -1.30. The predicted molar refractivity (Wildman–Crippen MR) is 106 cm³/mol. The number of amides is 1. The smallest absolute Gasteiger partial charge is 0.328 e. The first kappa shape index (κ1) is 19.9. The number of carbonyl (C=O) groups is 2. The highest BCUT2D eigenvalue weighted by atomic mass is 16.7. The van der Waals surface area contributed by atoms with Crippen molar-refractivity contribution in [1.82, 2.24) is 15.6 Å². The maximum Gasteiger partial charge on any atom is 0.328 e. The molecule has 156 valence electrons. The molecule has 1 unspecified atom stereocenters. The summed E-state index contributed by atoms with van der Waals surface area (Å²) in [4.78, 5) is 28.3. The minimum Gasteiger partial charge on any atom is -0.467 e. The second-order valence-electron chi connectivity index (χ2n) is 7.58. The molecule has 3 N–H and O–H groups in total. The van der Waals surface area contributed by atoms with Crippen molar-refractivity contribution in [3.05, 3.63) is 36.0 Å². The summed E-state index contributed by atoms with van der Waals surface area (Å²) < 4.78 is 16.5. The van der Waals surface area contributed by atoms with Crippen LogP contribution >= 0.6 is 0 Å². The lowest BCUT2D eigenvalue weighted by Gasteiger charge is -2.42. The van der Waals surface area contributed by atoms with Gasteiger partial charge in [-0.3, -0.25) is 4.79 Å². The summed E-state index contributed by atoms with van der Waals surface area (Å²) >= 11 is 0. The van der Waals surface area contributed by atoms with Crippen LogP contribution in [0.1, 0.15) is 24.8 Å². The van der Waals surface area contributed by atoms with Crippen molar-refractivity contribution in [2.24, 2.45) is 0 Å². The monoisotopic (exact) mass is 401 g/mol. The third-order valence-electron chi connectivity index (χ3n) is 5.67. The number of aromatic nitrogens is 1. The van der Waals surface area contributed by atoms with Crippen LogP contribution in [0.15, 0.2) is 30.5 Å². The molecule has 8 nitrogen and oxygen atoms in total. The molecule has 4 rings (SSSR count). The van der Waals surface area contributed by atoms with Crippen molar-refractivity contribution in [1.29, 1.82) is 0 Å². The first-order valence-corrected chi connectivity index (χ1v) is 10.0. The highest BCUT2D eigenvalue weighted by Gasteiger charge is 2.41. The number of fused-ring (bicyclic) bond motifs is 1. The summed E-state index contributed by atoms with van der Waals surface area (Å²) in [5.41, 5.74) is 1.94. The molecule has 0 saturated carbocycles. The molecule has 0 bridgehead atoms. The van der Waals surface area contributed by atoms with Crippen LogP contribution in [0.4, 0.5) is 0 Å². The summed E-state index contributed by atoms with van der Waals surface area (Å²) in [6, 6.07) is 6.70. The quantitative estimate of drug-likeness (QED) is 0.652. The van der Waals surface area contributed by atoms with Gasteiger partial charge in [-0.05, 0) is 24.5 Å². The molecule has 3 heterocycles. The van der Waals surface area contributed by atoms with E-state index < -0.39 is 23.8 Å². The van der Waals surface area contributed by atoms with Crippen molar-refractivity contribution < 1.29 is 23.8 Å². The zero-order chi connectivity index (χ0) is 20.3. The molecule has 1 aromatic heterocycles. The molecule has 1 amide bonds. The third kappa shape index (κ3) is 4.29. The van der Waals surface area contributed by atoms with Gasteiger partial charge in [0.2, 0.25) is 5.91 Å².